The smallest absolute Gasteiger partial charge is 0.223 e. The molecule has 0 aromatic carbocycles. The summed E-state index contributed by atoms with van der Waals surface area (Å²) in [6.07, 6.45) is 0.488. The Hall–Kier alpha value is -0.730. The molecular formula is C9H15N3OS. The van der Waals surface area contributed by atoms with Crippen LogP contribution in [0.15, 0.2) is 0 Å². The minimum absolute atomic E-state index is 0.181. The third kappa shape index (κ3) is 3.56. The van der Waals surface area contributed by atoms with E-state index in [4.69, 9.17) is 5.26 Å². The lowest BCUT2D eigenvalue weighted by atomic mass is 10.3. The zero-order chi connectivity index (χ0) is 10.4. The third-order valence-corrected chi connectivity index (χ3v) is 2.88. The Morgan fingerprint density at radius 2 is 2.07 bits per heavy atom. The number of nitrogens with zero attached hydrogens (tertiary/aromatic N) is 3. The van der Waals surface area contributed by atoms with Crippen LogP contribution in [0.4, 0.5) is 0 Å². The van der Waals surface area contributed by atoms with Crippen LogP contribution in [-0.4, -0.2) is 54.7 Å². The van der Waals surface area contributed by atoms with Crippen LogP contribution in [-0.2, 0) is 4.79 Å². The van der Waals surface area contributed by atoms with Crippen LogP contribution in [0.25, 0.3) is 0 Å². The van der Waals surface area contributed by atoms with Crippen LogP contribution >= 0.6 is 11.8 Å². The van der Waals surface area contributed by atoms with E-state index in [1.807, 2.05) is 10.3 Å². The lowest BCUT2D eigenvalue weighted by Gasteiger charge is -2.32. The minimum atomic E-state index is 0.181. The Morgan fingerprint density at radius 3 is 2.64 bits per heavy atom. The van der Waals surface area contributed by atoms with E-state index in [2.05, 4.69) is 11.9 Å². The Kier molecular flexibility index (Phi) is 4.77. The molecule has 0 aromatic heterocycles. The predicted molar refractivity (Wildman–Crippen MR) is 56.8 cm³/mol. The second-order valence-corrected chi connectivity index (χ2v) is 4.25. The fourth-order valence-electron chi connectivity index (χ4n) is 1.40. The molecule has 0 spiro atoms. The average Bonchev–Trinajstić information content (AvgIpc) is 2.19. The van der Waals surface area contributed by atoms with Gasteiger partial charge in [-0.25, -0.2) is 0 Å². The largest absolute Gasteiger partial charge is 0.340 e. The highest BCUT2D eigenvalue weighted by Crippen LogP contribution is 2.05. The van der Waals surface area contributed by atoms with E-state index in [0.29, 0.717) is 12.2 Å². The number of rotatable bonds is 3. The SMILES string of the molecule is CN1CCN(C(=O)CCSC#N)CC1. The van der Waals surface area contributed by atoms with Crippen LogP contribution in [0, 0.1) is 10.7 Å². The number of thioether (sulfide) groups is 1. The van der Waals surface area contributed by atoms with Crippen LogP contribution < -0.4 is 0 Å². The Balaban J connectivity index is 2.21. The molecule has 0 radical (unpaired) electrons. The van der Waals surface area contributed by atoms with E-state index in [9.17, 15) is 4.79 Å². The van der Waals surface area contributed by atoms with E-state index in [-0.39, 0.29) is 5.91 Å². The Morgan fingerprint density at radius 1 is 1.43 bits per heavy atom. The molecule has 78 valence electrons. The number of hydrogen-bond donors (Lipinski definition) is 0. The van der Waals surface area contributed by atoms with Gasteiger partial charge in [-0.1, -0.05) is 0 Å². The molecule has 14 heavy (non-hydrogen) atoms. The molecule has 0 aromatic rings. The number of likely N-dealkylation sites (N-methyl/N-ethyl adjacent to an activating group) is 1. The molecule has 0 atom stereocenters. The van der Waals surface area contributed by atoms with Crippen molar-refractivity contribution in [2.75, 3.05) is 39.0 Å². The second-order valence-electron chi connectivity index (χ2n) is 3.37. The van der Waals surface area contributed by atoms with Crippen molar-refractivity contribution in [3.05, 3.63) is 0 Å². The summed E-state index contributed by atoms with van der Waals surface area (Å²) in [5, 5.41) is 10.3. The molecule has 5 heteroatoms. The molecule has 0 N–H and O–H groups in total. The van der Waals surface area contributed by atoms with Gasteiger partial charge in [0.1, 0.15) is 5.40 Å². The summed E-state index contributed by atoms with van der Waals surface area (Å²) >= 11 is 1.15. The van der Waals surface area contributed by atoms with Crippen molar-refractivity contribution < 1.29 is 4.79 Å². The van der Waals surface area contributed by atoms with E-state index >= 15 is 0 Å². The summed E-state index contributed by atoms with van der Waals surface area (Å²) < 4.78 is 0. The first-order valence-corrected chi connectivity index (χ1v) is 5.70. The zero-order valence-electron chi connectivity index (χ0n) is 8.40. The maximum atomic E-state index is 11.6. The standard InChI is InChI=1S/C9H15N3OS/c1-11-3-5-12(6-4-11)9(13)2-7-14-8-10/h2-7H2,1H3. The van der Waals surface area contributed by atoms with Gasteiger partial charge in [0.15, 0.2) is 0 Å². The van der Waals surface area contributed by atoms with Gasteiger partial charge in [0.25, 0.3) is 0 Å². The summed E-state index contributed by atoms with van der Waals surface area (Å²) in [4.78, 5) is 15.7. The van der Waals surface area contributed by atoms with Gasteiger partial charge in [-0.05, 0) is 18.8 Å². The number of hydrogen-bond acceptors (Lipinski definition) is 4. The van der Waals surface area contributed by atoms with Gasteiger partial charge in [0.2, 0.25) is 5.91 Å². The summed E-state index contributed by atoms with van der Waals surface area (Å²) in [7, 11) is 2.06. The number of amides is 1. The normalized spacial score (nSPS) is 17.9. The second kappa shape index (κ2) is 5.89. The highest BCUT2D eigenvalue weighted by molar-refractivity contribution is 8.03. The van der Waals surface area contributed by atoms with Gasteiger partial charge < -0.3 is 9.80 Å². The molecule has 0 aliphatic carbocycles. The first-order chi connectivity index (χ1) is 6.74. The molecule has 1 rings (SSSR count). The maximum Gasteiger partial charge on any atom is 0.223 e. The first-order valence-electron chi connectivity index (χ1n) is 4.71. The van der Waals surface area contributed by atoms with E-state index in [1.165, 1.54) is 0 Å². The quantitative estimate of drug-likeness (QED) is 0.502. The van der Waals surface area contributed by atoms with E-state index in [0.717, 1.165) is 37.9 Å². The van der Waals surface area contributed by atoms with Gasteiger partial charge in [-0.15, -0.1) is 0 Å². The number of carbonyl (C=O) groups is 1. The van der Waals surface area contributed by atoms with Crippen molar-refractivity contribution in [2.24, 2.45) is 0 Å². The molecule has 1 heterocycles. The van der Waals surface area contributed by atoms with Crippen molar-refractivity contribution >= 4 is 17.7 Å². The van der Waals surface area contributed by atoms with Gasteiger partial charge >= 0.3 is 0 Å². The number of carbonyl (C=O) groups excluding carboxylic acids is 1. The molecule has 1 aliphatic heterocycles. The van der Waals surface area contributed by atoms with Crippen molar-refractivity contribution in [1.29, 1.82) is 5.26 Å². The molecule has 1 amide bonds. The number of thiocyanates is 1. The molecule has 1 saturated heterocycles. The maximum absolute atomic E-state index is 11.6. The van der Waals surface area contributed by atoms with Crippen molar-refractivity contribution in [3.8, 4) is 5.40 Å². The molecular weight excluding hydrogens is 198 g/mol. The highest BCUT2D eigenvalue weighted by atomic mass is 32.2. The molecule has 0 bridgehead atoms. The Labute approximate surface area is 88.8 Å². The lowest BCUT2D eigenvalue weighted by Crippen LogP contribution is -2.47. The summed E-state index contributed by atoms with van der Waals surface area (Å²) in [6.45, 7) is 3.56. The van der Waals surface area contributed by atoms with Gasteiger partial charge in [-0.2, -0.15) is 5.26 Å². The fourth-order valence-corrected chi connectivity index (χ4v) is 1.77. The fraction of sp³-hybridized carbons (Fsp3) is 0.778. The monoisotopic (exact) mass is 213 g/mol. The van der Waals surface area contributed by atoms with Crippen LogP contribution in [0.1, 0.15) is 6.42 Å². The lowest BCUT2D eigenvalue weighted by molar-refractivity contribution is -0.132. The molecule has 1 aliphatic rings. The molecule has 0 saturated carbocycles. The minimum Gasteiger partial charge on any atom is -0.340 e. The van der Waals surface area contributed by atoms with Crippen LogP contribution in [0.3, 0.4) is 0 Å². The van der Waals surface area contributed by atoms with Gasteiger partial charge in [0, 0.05) is 38.4 Å². The third-order valence-electron chi connectivity index (χ3n) is 2.34. The molecule has 0 unspecified atom stereocenters. The zero-order valence-corrected chi connectivity index (χ0v) is 9.22. The van der Waals surface area contributed by atoms with E-state index in [1.54, 1.807) is 0 Å². The van der Waals surface area contributed by atoms with Crippen molar-refractivity contribution in [2.45, 2.75) is 6.42 Å². The number of nitriles is 1. The van der Waals surface area contributed by atoms with Crippen LogP contribution in [0.5, 0.6) is 0 Å². The van der Waals surface area contributed by atoms with E-state index < -0.39 is 0 Å². The van der Waals surface area contributed by atoms with Gasteiger partial charge in [-0.3, -0.25) is 4.79 Å². The summed E-state index contributed by atoms with van der Waals surface area (Å²) in [6, 6.07) is 0. The number of piperazine rings is 1. The van der Waals surface area contributed by atoms with Crippen molar-refractivity contribution in [3.63, 3.8) is 0 Å². The average molecular weight is 213 g/mol. The highest BCUT2D eigenvalue weighted by Gasteiger charge is 2.18. The first kappa shape index (κ1) is 11.3. The van der Waals surface area contributed by atoms with Crippen LogP contribution in [0.2, 0.25) is 0 Å². The Bertz CT molecular complexity index is 231. The van der Waals surface area contributed by atoms with Gasteiger partial charge in [0.05, 0.1) is 0 Å². The summed E-state index contributed by atoms with van der Waals surface area (Å²) in [5.41, 5.74) is 0. The predicted octanol–water partition coefficient (Wildman–Crippen LogP) is 0.365. The topological polar surface area (TPSA) is 47.3 Å². The summed E-state index contributed by atoms with van der Waals surface area (Å²) in [5.74, 6) is 0.794. The van der Waals surface area contributed by atoms with Crippen molar-refractivity contribution in [1.82, 2.24) is 9.80 Å². The molecule has 1 fully saturated rings. The molecule has 4 nitrogen and oxygen atoms in total.